The molecule has 0 saturated heterocycles. The minimum Gasteiger partial charge on any atom is -0.331 e. The first kappa shape index (κ1) is 14.7. The number of nitrogens with one attached hydrogen (secondary N) is 2. The first-order valence-electron chi connectivity index (χ1n) is 6.95. The first-order chi connectivity index (χ1) is 11.1. The van der Waals surface area contributed by atoms with E-state index in [1.165, 1.54) is 4.90 Å². The molecule has 0 aliphatic carbocycles. The molecule has 2 N–H and O–H groups in total. The highest BCUT2D eigenvalue weighted by molar-refractivity contribution is 5.97. The van der Waals surface area contributed by atoms with E-state index in [1.807, 2.05) is 24.3 Å². The van der Waals surface area contributed by atoms with Crippen LogP contribution in [0.25, 0.3) is 22.0 Å². The van der Waals surface area contributed by atoms with Gasteiger partial charge in [0.05, 0.1) is 17.4 Å². The van der Waals surface area contributed by atoms with Crippen molar-refractivity contribution in [2.45, 2.75) is 0 Å². The number of aromatic nitrogens is 3. The minimum absolute atomic E-state index is 0.225. The Labute approximate surface area is 132 Å². The summed E-state index contributed by atoms with van der Waals surface area (Å²) in [6.07, 6.45) is 4.02. The normalized spacial score (nSPS) is 10.5. The van der Waals surface area contributed by atoms with Crippen LogP contribution in [0.15, 0.2) is 36.7 Å². The Morgan fingerprint density at radius 2 is 2.04 bits per heavy atom. The largest absolute Gasteiger partial charge is 0.331 e. The van der Waals surface area contributed by atoms with Crippen LogP contribution in [0.2, 0.25) is 0 Å². The second kappa shape index (κ2) is 5.88. The van der Waals surface area contributed by atoms with Crippen molar-refractivity contribution in [3.63, 3.8) is 0 Å². The Kier molecular flexibility index (Phi) is 3.76. The number of nitrogens with zero attached hydrogens (tertiary/aromatic N) is 3. The van der Waals surface area contributed by atoms with E-state index in [4.69, 9.17) is 0 Å². The highest BCUT2D eigenvalue weighted by atomic mass is 16.2. The third kappa shape index (κ3) is 2.89. The van der Waals surface area contributed by atoms with Crippen molar-refractivity contribution >= 4 is 28.9 Å². The summed E-state index contributed by atoms with van der Waals surface area (Å²) in [7, 11) is 3.33. The Morgan fingerprint density at radius 1 is 1.22 bits per heavy atom. The van der Waals surface area contributed by atoms with Crippen LogP contribution in [0.5, 0.6) is 0 Å². The molecule has 0 fully saturated rings. The van der Waals surface area contributed by atoms with Crippen molar-refractivity contribution < 1.29 is 9.59 Å². The molecule has 7 heteroatoms. The van der Waals surface area contributed by atoms with Gasteiger partial charge in [0.15, 0.2) is 6.29 Å². The zero-order chi connectivity index (χ0) is 16.4. The molecular weight excluding hydrogens is 294 g/mol. The van der Waals surface area contributed by atoms with E-state index >= 15 is 0 Å². The number of hydrogen-bond donors (Lipinski definition) is 2. The maximum atomic E-state index is 11.7. The Bertz CT molecular complexity index is 885. The van der Waals surface area contributed by atoms with E-state index in [0.717, 1.165) is 28.3 Å². The van der Waals surface area contributed by atoms with Crippen LogP contribution >= 0.6 is 0 Å². The zero-order valence-electron chi connectivity index (χ0n) is 12.7. The molecule has 0 spiro atoms. The molecule has 0 bridgehead atoms. The summed E-state index contributed by atoms with van der Waals surface area (Å²) in [4.78, 5) is 28.4. The summed E-state index contributed by atoms with van der Waals surface area (Å²) in [5, 5.41) is 10.3. The topological polar surface area (TPSA) is 91.0 Å². The molecule has 0 saturated carbocycles. The molecule has 116 valence electrons. The van der Waals surface area contributed by atoms with Crippen molar-refractivity contribution in [1.82, 2.24) is 20.1 Å². The van der Waals surface area contributed by atoms with Crippen molar-refractivity contribution in [3.8, 4) is 11.1 Å². The number of pyridine rings is 1. The highest BCUT2D eigenvalue weighted by Crippen LogP contribution is 2.26. The number of H-pyrrole nitrogens is 1. The van der Waals surface area contributed by atoms with Gasteiger partial charge in [-0.2, -0.15) is 5.10 Å². The molecule has 2 heterocycles. The van der Waals surface area contributed by atoms with E-state index in [0.29, 0.717) is 11.4 Å². The van der Waals surface area contributed by atoms with Crippen LogP contribution in [0.1, 0.15) is 10.5 Å². The number of amides is 2. The fraction of sp³-hybridized carbons (Fsp3) is 0.125. The number of aldehydes is 1. The molecular formula is C16H15N5O2. The Morgan fingerprint density at radius 3 is 2.78 bits per heavy atom. The molecule has 3 rings (SSSR count). The number of carbonyl (C=O) groups excluding carboxylic acids is 2. The lowest BCUT2D eigenvalue weighted by molar-refractivity contribution is 0.112. The number of carbonyl (C=O) groups is 2. The van der Waals surface area contributed by atoms with Crippen molar-refractivity contribution in [2.75, 3.05) is 19.4 Å². The maximum Gasteiger partial charge on any atom is 0.321 e. The second-order valence-corrected chi connectivity index (χ2v) is 5.27. The van der Waals surface area contributed by atoms with Crippen LogP contribution in [0, 0.1) is 0 Å². The summed E-state index contributed by atoms with van der Waals surface area (Å²) in [6, 6.07) is 7.20. The molecule has 2 aromatic heterocycles. The lowest BCUT2D eigenvalue weighted by atomic mass is 10.0. The van der Waals surface area contributed by atoms with E-state index in [2.05, 4.69) is 20.5 Å². The highest BCUT2D eigenvalue weighted by Gasteiger charge is 2.09. The molecule has 0 atom stereocenters. The van der Waals surface area contributed by atoms with E-state index < -0.39 is 0 Å². The van der Waals surface area contributed by atoms with Crippen LogP contribution in [0.3, 0.4) is 0 Å². The molecule has 0 unspecified atom stereocenters. The van der Waals surface area contributed by atoms with Gasteiger partial charge in [-0.1, -0.05) is 6.07 Å². The van der Waals surface area contributed by atoms with Gasteiger partial charge in [0.1, 0.15) is 5.69 Å². The van der Waals surface area contributed by atoms with Gasteiger partial charge >= 0.3 is 6.03 Å². The van der Waals surface area contributed by atoms with Gasteiger partial charge in [-0.25, -0.2) is 4.79 Å². The molecule has 1 aromatic carbocycles. The number of benzene rings is 1. The van der Waals surface area contributed by atoms with E-state index in [9.17, 15) is 9.59 Å². The summed E-state index contributed by atoms with van der Waals surface area (Å²) >= 11 is 0. The van der Waals surface area contributed by atoms with Gasteiger partial charge in [-0.05, 0) is 23.8 Å². The van der Waals surface area contributed by atoms with Crippen molar-refractivity contribution in [2.24, 2.45) is 0 Å². The van der Waals surface area contributed by atoms with Gasteiger partial charge in [0.25, 0.3) is 0 Å². The average molecular weight is 309 g/mol. The summed E-state index contributed by atoms with van der Waals surface area (Å²) in [6.45, 7) is 0. The third-order valence-electron chi connectivity index (χ3n) is 3.43. The third-order valence-corrected chi connectivity index (χ3v) is 3.43. The number of fused-ring (bicyclic) bond motifs is 1. The Hall–Kier alpha value is -3.22. The number of rotatable bonds is 3. The molecule has 0 aliphatic heterocycles. The fourth-order valence-corrected chi connectivity index (χ4v) is 2.20. The monoisotopic (exact) mass is 309 g/mol. The Balaban J connectivity index is 1.98. The van der Waals surface area contributed by atoms with Crippen LogP contribution < -0.4 is 5.32 Å². The maximum absolute atomic E-state index is 11.7. The standard InChI is InChI=1S/C16H15N5O2/c1-21(2)16(23)18-12-5-11(7-17-8-12)10-3-4-14-13(6-10)15(9-22)20-19-14/h3-9H,1-2H3,(H,18,23)(H,19,20). The second-order valence-electron chi connectivity index (χ2n) is 5.27. The zero-order valence-corrected chi connectivity index (χ0v) is 12.7. The summed E-state index contributed by atoms with van der Waals surface area (Å²) in [5.74, 6) is 0. The quantitative estimate of drug-likeness (QED) is 0.727. The fourth-order valence-electron chi connectivity index (χ4n) is 2.20. The molecule has 3 aromatic rings. The molecule has 2 amide bonds. The predicted octanol–water partition coefficient (Wildman–Crippen LogP) is 2.53. The number of aromatic amines is 1. The van der Waals surface area contributed by atoms with Gasteiger partial charge < -0.3 is 10.2 Å². The van der Waals surface area contributed by atoms with Crippen LogP contribution in [0.4, 0.5) is 10.5 Å². The lowest BCUT2D eigenvalue weighted by Gasteiger charge is -2.12. The smallest absolute Gasteiger partial charge is 0.321 e. The lowest BCUT2D eigenvalue weighted by Crippen LogP contribution is -2.27. The van der Waals surface area contributed by atoms with Crippen molar-refractivity contribution in [1.29, 1.82) is 0 Å². The summed E-state index contributed by atoms with van der Waals surface area (Å²) in [5.41, 5.74) is 3.48. The summed E-state index contributed by atoms with van der Waals surface area (Å²) < 4.78 is 0. The van der Waals surface area contributed by atoms with Gasteiger partial charge in [-0.15, -0.1) is 0 Å². The van der Waals surface area contributed by atoms with Gasteiger partial charge in [-0.3, -0.25) is 14.9 Å². The SMILES string of the molecule is CN(C)C(=O)Nc1cncc(-c2ccc3n[nH]c(C=O)c3c2)c1. The predicted molar refractivity (Wildman–Crippen MR) is 87.4 cm³/mol. The van der Waals surface area contributed by atoms with Gasteiger partial charge in [0.2, 0.25) is 0 Å². The average Bonchev–Trinajstić information content (AvgIpc) is 2.97. The minimum atomic E-state index is -0.225. The number of urea groups is 1. The molecule has 7 nitrogen and oxygen atoms in total. The van der Waals surface area contributed by atoms with Crippen molar-refractivity contribution in [3.05, 3.63) is 42.4 Å². The molecule has 0 radical (unpaired) electrons. The van der Waals surface area contributed by atoms with E-state index in [-0.39, 0.29) is 6.03 Å². The molecule has 0 aliphatic rings. The first-order valence-corrected chi connectivity index (χ1v) is 6.95. The number of anilines is 1. The van der Waals surface area contributed by atoms with E-state index in [1.54, 1.807) is 26.5 Å². The molecule has 23 heavy (non-hydrogen) atoms. The van der Waals surface area contributed by atoms with Crippen LogP contribution in [-0.2, 0) is 0 Å². The van der Waals surface area contributed by atoms with Gasteiger partial charge in [0, 0.05) is 31.2 Å². The van der Waals surface area contributed by atoms with Crippen LogP contribution in [-0.4, -0.2) is 46.5 Å². The number of hydrogen-bond acceptors (Lipinski definition) is 4.